The number of amides is 4. The zero-order valence-corrected chi connectivity index (χ0v) is 47.5. The fraction of sp³-hybridized carbons (Fsp3) is 0.550. The van der Waals surface area contributed by atoms with E-state index in [1.54, 1.807) is 43.2 Å². The van der Waals surface area contributed by atoms with Crippen molar-refractivity contribution in [3.63, 3.8) is 0 Å². The van der Waals surface area contributed by atoms with Gasteiger partial charge in [0.05, 0.1) is 23.5 Å². The molecule has 1 aromatic carbocycles. The molecule has 20 heteroatoms. The number of benzene rings is 1. The Balaban J connectivity index is 0.669. The number of ketones is 2. The second kappa shape index (κ2) is 26.5. The molecule has 0 radical (unpaired) electrons. The van der Waals surface area contributed by atoms with Crippen molar-refractivity contribution in [3.05, 3.63) is 97.7 Å². The zero-order chi connectivity index (χ0) is 56.5. The number of unbranched alkanes of at least 4 members (excludes halogenated alkanes) is 5. The van der Waals surface area contributed by atoms with Gasteiger partial charge >= 0.3 is 0 Å². The number of pyridine rings is 2. The lowest BCUT2D eigenvalue weighted by Gasteiger charge is -2.36. The number of likely N-dealkylation sites (N-methyl/N-ethyl adjacent to an activating group) is 1. The number of rotatable bonds is 22. The Hall–Kier alpha value is -6.96. The van der Waals surface area contributed by atoms with Gasteiger partial charge in [-0.15, -0.1) is 11.3 Å². The Kier molecular flexibility index (Phi) is 19.1. The molecule has 2 aliphatic heterocycles. The topological polar surface area (TPSA) is 213 Å². The van der Waals surface area contributed by atoms with Crippen LogP contribution < -0.4 is 21.1 Å². The van der Waals surface area contributed by atoms with Crippen molar-refractivity contribution in [3.8, 4) is 0 Å². The zero-order valence-electron chi connectivity index (χ0n) is 46.7. The fourth-order valence-electron chi connectivity index (χ4n) is 12.2. The summed E-state index contributed by atoms with van der Waals surface area (Å²) in [5.41, 5.74) is 2.56. The van der Waals surface area contributed by atoms with Crippen LogP contribution in [0.25, 0.3) is 11.0 Å². The lowest BCUT2D eigenvalue weighted by Crippen LogP contribution is -2.56. The van der Waals surface area contributed by atoms with Gasteiger partial charge in [-0.25, -0.2) is 19.3 Å². The number of likely N-dealkylation sites (tertiary alicyclic amines) is 1. The molecular formula is C60H76FN11O7S. The first kappa shape index (κ1) is 57.7. The Labute approximate surface area is 471 Å². The average molecular weight is 1110 g/mol. The van der Waals surface area contributed by atoms with Gasteiger partial charge in [-0.05, 0) is 120 Å². The number of hydrogen-bond donors (Lipinski definition) is 2. The van der Waals surface area contributed by atoms with Crippen LogP contribution in [0.1, 0.15) is 185 Å². The van der Waals surface area contributed by atoms with Crippen LogP contribution in [0.5, 0.6) is 0 Å². The Morgan fingerprint density at radius 1 is 0.787 bits per heavy atom. The minimum absolute atomic E-state index is 0.0148. The maximum atomic E-state index is 14.5. The molecule has 3 atom stereocenters. The number of nitrogens with zero attached hydrogens (tertiary/aromatic N) is 9. The second-order valence-corrected chi connectivity index (χ2v) is 23.2. The summed E-state index contributed by atoms with van der Waals surface area (Å²) in [5, 5.41) is 9.33. The normalized spacial score (nSPS) is 17.9. The van der Waals surface area contributed by atoms with E-state index in [1.807, 2.05) is 21.9 Å². The number of nitrogens with one attached hydrogen (secondary N) is 2. The van der Waals surface area contributed by atoms with Crippen LogP contribution in [-0.4, -0.2) is 126 Å². The maximum absolute atomic E-state index is 14.5. The molecule has 2 N–H and O–H groups in total. The number of aromatic nitrogens is 5. The van der Waals surface area contributed by atoms with Gasteiger partial charge < -0.3 is 30.2 Å². The molecule has 426 valence electrons. The van der Waals surface area contributed by atoms with Gasteiger partial charge in [0.15, 0.2) is 5.78 Å². The summed E-state index contributed by atoms with van der Waals surface area (Å²) in [6.07, 6.45) is 19.4. The van der Waals surface area contributed by atoms with E-state index in [2.05, 4.69) is 30.5 Å². The second-order valence-electron chi connectivity index (χ2n) is 22.3. The third kappa shape index (κ3) is 13.4. The number of piperazine rings is 1. The van der Waals surface area contributed by atoms with E-state index in [1.165, 1.54) is 47.4 Å². The molecule has 1 unspecified atom stereocenters. The SMILES string of the molecule is CC(=O)c1c(C)c2cnc(Nc3ccc(N4CCN(C(=O)CCCCCCCCC(=O)N(C)[C@@H](C)C(=O)N[C@H](C(=O)N5CCCC5c5nc(C(=O)c6ccc(F)cc6)cs5)C5CCCCC5)CC4)cn3)nc2n(C2CCCC2)c1=O. The highest BCUT2D eigenvalue weighted by Gasteiger charge is 2.41. The van der Waals surface area contributed by atoms with E-state index in [0.29, 0.717) is 97.3 Å². The van der Waals surface area contributed by atoms with Crippen LogP contribution >= 0.6 is 11.3 Å². The standard InChI is InChI=1S/C60H76FN11O7S/c1-38-46-36-63-60(67-55(46)72(44-19-14-15-20-44)58(78)52(38)40(3)73)65-49-29-28-45(35-62-49)69-31-33-70(34-32-69)51(75)23-13-8-6-5-7-12-22-50(74)68(4)39(2)56(77)66-53(41-17-10-9-11-18-41)59(79)71-30-16-21-48(71)57-64-47(37-80-57)54(76)42-24-26-43(61)27-25-42/h24-29,35-37,39,41,44,48,53H,5-23,30-34H2,1-4H3,(H,66,77)(H,62,63,65,67)/t39-,48?,53-/m0/s1. The number of hydrogen-bond acceptors (Lipinski definition) is 14. The monoisotopic (exact) mass is 1110 g/mol. The van der Waals surface area contributed by atoms with Crippen LogP contribution in [0.15, 0.2) is 59.0 Å². The van der Waals surface area contributed by atoms with Crippen molar-refractivity contribution >= 4 is 75.0 Å². The van der Waals surface area contributed by atoms with E-state index in [-0.39, 0.29) is 70.0 Å². The summed E-state index contributed by atoms with van der Waals surface area (Å²) in [5.74, 6) is -0.639. The Morgan fingerprint density at radius 2 is 1.48 bits per heavy atom. The van der Waals surface area contributed by atoms with E-state index < -0.39 is 17.9 Å². The summed E-state index contributed by atoms with van der Waals surface area (Å²) in [4.78, 5) is 120. The molecule has 2 aliphatic carbocycles. The van der Waals surface area contributed by atoms with Crippen molar-refractivity contribution in [1.82, 2.24) is 44.5 Å². The Bertz CT molecular complexity index is 3090. The van der Waals surface area contributed by atoms with Gasteiger partial charge in [-0.3, -0.25) is 38.1 Å². The minimum atomic E-state index is -0.776. The predicted molar refractivity (Wildman–Crippen MR) is 306 cm³/mol. The van der Waals surface area contributed by atoms with Crippen LogP contribution in [0.3, 0.4) is 0 Å². The molecule has 18 nitrogen and oxygen atoms in total. The van der Waals surface area contributed by atoms with Gasteiger partial charge in [0, 0.05) is 81.2 Å². The molecule has 4 aliphatic rings. The molecule has 9 rings (SSSR count). The highest BCUT2D eigenvalue weighted by Crippen LogP contribution is 2.37. The van der Waals surface area contributed by atoms with Crippen molar-refractivity contribution in [2.75, 3.05) is 50.0 Å². The van der Waals surface area contributed by atoms with E-state index in [4.69, 9.17) is 4.98 Å². The number of carbonyl (C=O) groups is 6. The molecule has 2 saturated heterocycles. The molecule has 6 heterocycles. The molecular weight excluding hydrogens is 1040 g/mol. The van der Waals surface area contributed by atoms with E-state index in [9.17, 15) is 38.0 Å². The summed E-state index contributed by atoms with van der Waals surface area (Å²) in [6, 6.07) is 7.35. The first-order valence-corrected chi connectivity index (χ1v) is 29.9. The van der Waals surface area contributed by atoms with E-state index in [0.717, 1.165) is 102 Å². The third-order valence-corrected chi connectivity index (χ3v) is 17.9. The summed E-state index contributed by atoms with van der Waals surface area (Å²) in [6.45, 7) is 8.05. The van der Waals surface area contributed by atoms with Gasteiger partial charge in [0.1, 0.15) is 40.1 Å². The summed E-state index contributed by atoms with van der Waals surface area (Å²) >= 11 is 1.33. The third-order valence-electron chi connectivity index (χ3n) is 17.0. The summed E-state index contributed by atoms with van der Waals surface area (Å²) < 4.78 is 15.2. The highest BCUT2D eigenvalue weighted by atomic mass is 32.1. The van der Waals surface area contributed by atoms with Gasteiger partial charge in [0.25, 0.3) is 5.56 Å². The van der Waals surface area contributed by atoms with Crippen LogP contribution in [0, 0.1) is 18.7 Å². The summed E-state index contributed by atoms with van der Waals surface area (Å²) in [7, 11) is 1.65. The van der Waals surface area contributed by atoms with E-state index >= 15 is 0 Å². The first-order valence-electron chi connectivity index (χ1n) is 29.0. The number of aryl methyl sites for hydroxylation is 1. The minimum Gasteiger partial charge on any atom is -0.367 e. The number of fused-ring (bicyclic) bond motifs is 1. The van der Waals surface area contributed by atoms with Crippen LogP contribution in [0.2, 0.25) is 0 Å². The molecule has 4 aromatic heterocycles. The molecule has 2 saturated carbocycles. The number of carbonyl (C=O) groups excluding carboxylic acids is 6. The molecule has 0 spiro atoms. The number of thiazole rings is 1. The predicted octanol–water partition coefficient (Wildman–Crippen LogP) is 9.43. The fourth-order valence-corrected chi connectivity index (χ4v) is 13.1. The quantitative estimate of drug-likeness (QED) is 0.0489. The molecule has 5 aromatic rings. The lowest BCUT2D eigenvalue weighted by molar-refractivity contribution is -0.142. The number of Topliss-reactive ketones (excluding diaryl/α,β-unsaturated/α-hetero) is 1. The van der Waals surface area contributed by atoms with Crippen molar-refractivity contribution < 1.29 is 33.2 Å². The first-order chi connectivity index (χ1) is 38.7. The van der Waals surface area contributed by atoms with Crippen molar-refractivity contribution in [2.24, 2.45) is 5.92 Å². The highest BCUT2D eigenvalue weighted by molar-refractivity contribution is 7.10. The smallest absolute Gasteiger partial charge is 0.263 e. The van der Waals surface area contributed by atoms with Crippen LogP contribution in [-0.2, 0) is 19.2 Å². The molecule has 4 amide bonds. The molecule has 4 fully saturated rings. The van der Waals surface area contributed by atoms with Gasteiger partial charge in [-0.2, -0.15) is 4.98 Å². The number of anilines is 3. The van der Waals surface area contributed by atoms with Crippen molar-refractivity contribution in [2.45, 2.75) is 167 Å². The maximum Gasteiger partial charge on any atom is 0.263 e. The average Bonchev–Trinajstić information content (AvgIpc) is 4.34. The number of halogens is 1. The van der Waals surface area contributed by atoms with Gasteiger partial charge in [0.2, 0.25) is 35.4 Å². The largest absolute Gasteiger partial charge is 0.367 e. The molecule has 80 heavy (non-hydrogen) atoms. The lowest BCUT2D eigenvalue weighted by atomic mass is 9.83. The molecule has 0 bridgehead atoms. The van der Waals surface area contributed by atoms with Crippen LogP contribution in [0.4, 0.5) is 21.8 Å². The Morgan fingerprint density at radius 3 is 2.16 bits per heavy atom. The van der Waals surface area contributed by atoms with Gasteiger partial charge in [-0.1, -0.05) is 57.8 Å². The van der Waals surface area contributed by atoms with Crippen molar-refractivity contribution in [1.29, 1.82) is 0 Å².